The minimum atomic E-state index is -3.06. The summed E-state index contributed by atoms with van der Waals surface area (Å²) in [6.45, 7) is 4.50. The van der Waals surface area contributed by atoms with Gasteiger partial charge in [0.05, 0.1) is 28.3 Å². The maximum absolute atomic E-state index is 12.3. The lowest BCUT2D eigenvalue weighted by Crippen LogP contribution is -2.47. The first-order valence-electron chi connectivity index (χ1n) is 8.45. The van der Waals surface area contributed by atoms with E-state index in [0.29, 0.717) is 11.6 Å². The minimum Gasteiger partial charge on any atom is -0.370 e. The molecule has 1 fully saturated rings. The number of nitrogens with zero attached hydrogens (tertiary/aromatic N) is 2. The molecule has 0 aliphatic carbocycles. The standard InChI is InChI=1S/C17H22N4O3S2/c1-3-18-15-12-6-4-5-7-13(12)19-16(20-15)25-10-14(22)21-17(2)8-9-26(23,24)11-17/h4-7H,3,8-11H2,1-2H3,(H,21,22)(H,18,19,20)/t17-/m1/s1. The van der Waals surface area contributed by atoms with Crippen molar-refractivity contribution in [3.05, 3.63) is 24.3 Å². The van der Waals surface area contributed by atoms with E-state index in [1.54, 1.807) is 6.92 Å². The van der Waals surface area contributed by atoms with Crippen LogP contribution < -0.4 is 10.6 Å². The number of para-hydroxylation sites is 1. The normalized spacial score (nSPS) is 21.6. The van der Waals surface area contributed by atoms with Gasteiger partial charge in [-0.05, 0) is 32.4 Å². The summed E-state index contributed by atoms with van der Waals surface area (Å²) in [4.78, 5) is 21.3. The number of carbonyl (C=O) groups excluding carboxylic acids is 1. The van der Waals surface area contributed by atoms with E-state index in [1.165, 1.54) is 11.8 Å². The Hall–Kier alpha value is -1.87. The zero-order valence-corrected chi connectivity index (χ0v) is 16.4. The number of nitrogens with one attached hydrogen (secondary N) is 2. The second-order valence-corrected chi connectivity index (χ2v) is 9.77. The second-order valence-electron chi connectivity index (χ2n) is 6.64. The SMILES string of the molecule is CCNc1nc(SCC(=O)N[C@]2(C)CCS(=O)(=O)C2)nc2ccccc12. The largest absolute Gasteiger partial charge is 0.370 e. The molecule has 1 aromatic carbocycles. The van der Waals surface area contributed by atoms with Crippen LogP contribution in [0.5, 0.6) is 0 Å². The molecule has 1 aromatic heterocycles. The van der Waals surface area contributed by atoms with Crippen molar-refractivity contribution >= 4 is 44.2 Å². The van der Waals surface area contributed by atoms with Crippen molar-refractivity contribution in [2.24, 2.45) is 0 Å². The topological polar surface area (TPSA) is 101 Å². The number of sulfone groups is 1. The highest BCUT2D eigenvalue weighted by Crippen LogP contribution is 2.25. The van der Waals surface area contributed by atoms with Gasteiger partial charge in [-0.3, -0.25) is 4.79 Å². The van der Waals surface area contributed by atoms with Crippen LogP contribution in [-0.4, -0.2) is 53.6 Å². The number of fused-ring (bicyclic) bond motifs is 1. The zero-order chi connectivity index (χ0) is 18.8. The van der Waals surface area contributed by atoms with Gasteiger partial charge in [-0.2, -0.15) is 0 Å². The number of rotatable bonds is 6. The predicted octanol–water partition coefficient (Wildman–Crippen LogP) is 1.85. The van der Waals surface area contributed by atoms with Gasteiger partial charge >= 0.3 is 0 Å². The molecule has 2 aromatic rings. The lowest BCUT2D eigenvalue weighted by atomic mass is 10.0. The van der Waals surface area contributed by atoms with Gasteiger partial charge in [-0.1, -0.05) is 23.9 Å². The van der Waals surface area contributed by atoms with Crippen LogP contribution in [0.1, 0.15) is 20.3 Å². The van der Waals surface area contributed by atoms with Crippen LogP contribution in [0.3, 0.4) is 0 Å². The molecule has 9 heteroatoms. The van der Waals surface area contributed by atoms with Crippen LogP contribution in [0.2, 0.25) is 0 Å². The number of amides is 1. The van der Waals surface area contributed by atoms with Crippen LogP contribution >= 0.6 is 11.8 Å². The molecule has 1 atom stereocenters. The Morgan fingerprint density at radius 2 is 2.08 bits per heavy atom. The number of carbonyl (C=O) groups is 1. The second kappa shape index (κ2) is 7.40. The molecule has 1 aliphatic heterocycles. The highest BCUT2D eigenvalue weighted by molar-refractivity contribution is 7.99. The molecule has 1 saturated heterocycles. The summed E-state index contributed by atoms with van der Waals surface area (Å²) in [6.07, 6.45) is 0.447. The van der Waals surface area contributed by atoms with Crippen LogP contribution in [0.4, 0.5) is 5.82 Å². The van der Waals surface area contributed by atoms with Gasteiger partial charge in [-0.15, -0.1) is 0 Å². The van der Waals surface area contributed by atoms with Crippen molar-refractivity contribution in [1.82, 2.24) is 15.3 Å². The molecule has 3 rings (SSSR count). The van der Waals surface area contributed by atoms with Crippen LogP contribution in [-0.2, 0) is 14.6 Å². The number of benzene rings is 1. The molecule has 0 radical (unpaired) electrons. The Morgan fingerprint density at radius 1 is 1.31 bits per heavy atom. The number of thioether (sulfide) groups is 1. The van der Waals surface area contributed by atoms with Crippen molar-refractivity contribution in [3.8, 4) is 0 Å². The average Bonchev–Trinajstić information content (AvgIpc) is 2.86. The van der Waals surface area contributed by atoms with Gasteiger partial charge in [-0.25, -0.2) is 18.4 Å². The summed E-state index contributed by atoms with van der Waals surface area (Å²) in [5.41, 5.74) is 0.130. The fraction of sp³-hybridized carbons (Fsp3) is 0.471. The van der Waals surface area contributed by atoms with Crippen molar-refractivity contribution < 1.29 is 13.2 Å². The third kappa shape index (κ3) is 4.45. The molecule has 0 saturated carbocycles. The molecular weight excluding hydrogens is 372 g/mol. The summed E-state index contributed by atoms with van der Waals surface area (Å²) < 4.78 is 23.3. The van der Waals surface area contributed by atoms with Crippen molar-refractivity contribution in [1.29, 1.82) is 0 Å². The van der Waals surface area contributed by atoms with E-state index in [2.05, 4.69) is 20.6 Å². The number of hydrogen-bond acceptors (Lipinski definition) is 7. The van der Waals surface area contributed by atoms with Crippen LogP contribution in [0, 0.1) is 0 Å². The molecule has 2 heterocycles. The van der Waals surface area contributed by atoms with Gasteiger partial charge in [0.15, 0.2) is 15.0 Å². The van der Waals surface area contributed by atoms with Gasteiger partial charge in [0.25, 0.3) is 0 Å². The Kier molecular flexibility index (Phi) is 5.38. The molecule has 1 aliphatic rings. The summed E-state index contributed by atoms with van der Waals surface area (Å²) in [7, 11) is -3.06. The molecule has 2 N–H and O–H groups in total. The summed E-state index contributed by atoms with van der Waals surface area (Å²) in [5, 5.41) is 7.52. The third-order valence-corrected chi connectivity index (χ3v) is 6.95. The zero-order valence-electron chi connectivity index (χ0n) is 14.8. The van der Waals surface area contributed by atoms with E-state index < -0.39 is 15.4 Å². The maximum atomic E-state index is 12.3. The Balaban J connectivity index is 1.68. The van der Waals surface area contributed by atoms with Gasteiger partial charge in [0.2, 0.25) is 5.91 Å². The number of anilines is 1. The predicted molar refractivity (Wildman–Crippen MR) is 104 cm³/mol. The highest BCUT2D eigenvalue weighted by atomic mass is 32.2. The first kappa shape index (κ1) is 18.9. The van der Waals surface area contributed by atoms with Crippen LogP contribution in [0.15, 0.2) is 29.4 Å². The summed E-state index contributed by atoms with van der Waals surface area (Å²) in [6, 6.07) is 7.71. The molecule has 7 nitrogen and oxygen atoms in total. The molecule has 0 unspecified atom stereocenters. The van der Waals surface area contributed by atoms with Gasteiger partial charge in [0, 0.05) is 11.9 Å². The number of aromatic nitrogens is 2. The van der Waals surface area contributed by atoms with E-state index in [-0.39, 0.29) is 23.2 Å². The van der Waals surface area contributed by atoms with E-state index in [9.17, 15) is 13.2 Å². The molecular formula is C17H22N4O3S2. The van der Waals surface area contributed by atoms with Crippen molar-refractivity contribution in [3.63, 3.8) is 0 Å². The molecule has 0 spiro atoms. The Bertz CT molecular complexity index is 933. The van der Waals surface area contributed by atoms with E-state index in [4.69, 9.17) is 0 Å². The lowest BCUT2D eigenvalue weighted by molar-refractivity contribution is -0.120. The monoisotopic (exact) mass is 394 g/mol. The van der Waals surface area contributed by atoms with Crippen molar-refractivity contribution in [2.75, 3.05) is 29.1 Å². The van der Waals surface area contributed by atoms with E-state index in [0.717, 1.165) is 23.3 Å². The third-order valence-electron chi connectivity index (χ3n) is 4.20. The number of hydrogen-bond donors (Lipinski definition) is 2. The maximum Gasteiger partial charge on any atom is 0.230 e. The average molecular weight is 395 g/mol. The van der Waals surface area contributed by atoms with Gasteiger partial charge in [0.1, 0.15) is 5.82 Å². The van der Waals surface area contributed by atoms with E-state index in [1.807, 2.05) is 31.2 Å². The van der Waals surface area contributed by atoms with Crippen molar-refractivity contribution in [2.45, 2.75) is 31.0 Å². The highest BCUT2D eigenvalue weighted by Gasteiger charge is 2.39. The van der Waals surface area contributed by atoms with E-state index >= 15 is 0 Å². The first-order chi connectivity index (χ1) is 12.3. The molecule has 140 valence electrons. The Morgan fingerprint density at radius 3 is 2.77 bits per heavy atom. The summed E-state index contributed by atoms with van der Waals surface area (Å²) in [5.74, 6) is 0.787. The molecule has 26 heavy (non-hydrogen) atoms. The van der Waals surface area contributed by atoms with Gasteiger partial charge < -0.3 is 10.6 Å². The summed E-state index contributed by atoms with van der Waals surface area (Å²) >= 11 is 1.24. The first-order valence-corrected chi connectivity index (χ1v) is 11.3. The smallest absolute Gasteiger partial charge is 0.230 e. The molecule has 0 bridgehead atoms. The Labute approximate surface area is 157 Å². The lowest BCUT2D eigenvalue weighted by Gasteiger charge is -2.23. The quantitative estimate of drug-likeness (QED) is 0.569. The van der Waals surface area contributed by atoms with Crippen LogP contribution in [0.25, 0.3) is 10.9 Å². The fourth-order valence-corrected chi connectivity index (χ4v) is 5.78. The fourth-order valence-electron chi connectivity index (χ4n) is 3.03. The minimum absolute atomic E-state index is 0.00650. The molecule has 1 amide bonds.